The van der Waals surface area contributed by atoms with Gasteiger partial charge in [0.25, 0.3) is 11.6 Å². The number of fused-ring (bicyclic) bond motifs is 1. The van der Waals surface area contributed by atoms with E-state index in [1.807, 2.05) is 30.3 Å². The van der Waals surface area contributed by atoms with Crippen molar-refractivity contribution in [2.45, 2.75) is 6.61 Å². The van der Waals surface area contributed by atoms with Gasteiger partial charge in [-0.05, 0) is 29.8 Å². The third kappa shape index (κ3) is 4.58. The third-order valence-corrected chi connectivity index (χ3v) is 6.74. The zero-order chi connectivity index (χ0) is 25.2. The highest BCUT2D eigenvalue weighted by Crippen LogP contribution is 2.42. The summed E-state index contributed by atoms with van der Waals surface area (Å²) in [5.41, 5.74) is 1.38. The minimum atomic E-state index is -0.529. The number of hydrogen-bond acceptors (Lipinski definition) is 9. The van der Waals surface area contributed by atoms with Gasteiger partial charge in [0.15, 0.2) is 27.3 Å². The molecule has 0 bridgehead atoms. The van der Waals surface area contributed by atoms with Gasteiger partial charge in [-0.25, -0.2) is 0 Å². The molecule has 2 aliphatic heterocycles. The smallest absolute Gasteiger partial charge is 0.280 e. The van der Waals surface area contributed by atoms with Crippen molar-refractivity contribution >= 4 is 51.7 Å². The second-order valence-electron chi connectivity index (χ2n) is 7.65. The predicted octanol–water partition coefficient (Wildman–Crippen LogP) is 5.32. The monoisotopic (exact) mass is 522 g/mol. The van der Waals surface area contributed by atoms with E-state index in [0.717, 1.165) is 17.3 Å². The number of ether oxygens (including phenoxy) is 4. The van der Waals surface area contributed by atoms with Crippen LogP contribution in [0.5, 0.6) is 23.0 Å². The molecule has 36 heavy (non-hydrogen) atoms. The molecule has 1 fully saturated rings. The molecule has 0 radical (unpaired) electrons. The molecule has 3 aromatic rings. The number of thioether (sulfide) groups is 1. The van der Waals surface area contributed by atoms with Crippen molar-refractivity contribution < 1.29 is 28.7 Å². The molecule has 5 rings (SSSR count). The van der Waals surface area contributed by atoms with E-state index < -0.39 is 10.8 Å². The van der Waals surface area contributed by atoms with E-state index >= 15 is 0 Å². The zero-order valence-corrected chi connectivity index (χ0v) is 20.5. The maximum atomic E-state index is 13.2. The van der Waals surface area contributed by atoms with Crippen LogP contribution in [0, 0.1) is 10.1 Å². The summed E-state index contributed by atoms with van der Waals surface area (Å²) in [6, 6.07) is 17.3. The van der Waals surface area contributed by atoms with Crippen LogP contribution in [0.25, 0.3) is 6.08 Å². The van der Waals surface area contributed by atoms with Gasteiger partial charge in [0, 0.05) is 6.07 Å². The van der Waals surface area contributed by atoms with E-state index in [2.05, 4.69) is 0 Å². The Morgan fingerprint density at radius 3 is 2.64 bits per heavy atom. The molecular weight excluding hydrogens is 504 g/mol. The zero-order valence-electron chi connectivity index (χ0n) is 18.8. The minimum absolute atomic E-state index is 0.105. The highest BCUT2D eigenvalue weighted by molar-refractivity contribution is 8.27. The molecule has 0 N–H and O–H groups in total. The number of rotatable bonds is 7. The fourth-order valence-corrected chi connectivity index (χ4v) is 4.99. The lowest BCUT2D eigenvalue weighted by atomic mass is 10.1. The Morgan fingerprint density at radius 2 is 1.89 bits per heavy atom. The summed E-state index contributed by atoms with van der Waals surface area (Å²) in [5.74, 6) is 1.21. The summed E-state index contributed by atoms with van der Waals surface area (Å²) in [6.07, 6.45) is 1.44. The van der Waals surface area contributed by atoms with Gasteiger partial charge in [0.05, 0.1) is 34.3 Å². The molecule has 0 saturated carbocycles. The lowest BCUT2D eigenvalue weighted by Gasteiger charge is -2.15. The molecule has 2 aliphatic rings. The van der Waals surface area contributed by atoms with Gasteiger partial charge < -0.3 is 18.9 Å². The van der Waals surface area contributed by atoms with Crippen molar-refractivity contribution in [3.63, 3.8) is 0 Å². The van der Waals surface area contributed by atoms with E-state index in [9.17, 15) is 14.9 Å². The SMILES string of the molecule is COc1cc(/C=C2/SC(=S)N(c3ccc4c(c3)OCO4)C2=O)c([N+](=O)[O-])cc1OCc1ccccc1. The lowest BCUT2D eigenvalue weighted by Crippen LogP contribution is -2.27. The average molecular weight is 523 g/mol. The Hall–Kier alpha value is -4.09. The summed E-state index contributed by atoms with van der Waals surface area (Å²) in [6.45, 7) is 0.315. The molecule has 1 saturated heterocycles. The summed E-state index contributed by atoms with van der Waals surface area (Å²) in [7, 11) is 1.44. The number of carbonyl (C=O) groups is 1. The van der Waals surface area contributed by atoms with Crippen LogP contribution in [0.15, 0.2) is 65.6 Å². The molecule has 182 valence electrons. The van der Waals surface area contributed by atoms with Crippen molar-refractivity contribution in [1.29, 1.82) is 0 Å². The number of amides is 1. The molecule has 0 aromatic heterocycles. The normalized spacial score (nSPS) is 15.5. The van der Waals surface area contributed by atoms with Crippen LogP contribution in [0.2, 0.25) is 0 Å². The van der Waals surface area contributed by atoms with Crippen molar-refractivity contribution in [3.8, 4) is 23.0 Å². The van der Waals surface area contributed by atoms with E-state index in [-0.39, 0.29) is 35.3 Å². The molecule has 1 amide bonds. The molecule has 2 heterocycles. The van der Waals surface area contributed by atoms with Crippen LogP contribution in [-0.4, -0.2) is 29.1 Å². The number of anilines is 1. The highest BCUT2D eigenvalue weighted by atomic mass is 32.2. The van der Waals surface area contributed by atoms with Gasteiger partial charge in [-0.2, -0.15) is 0 Å². The van der Waals surface area contributed by atoms with Crippen LogP contribution in [0.3, 0.4) is 0 Å². The second-order valence-corrected chi connectivity index (χ2v) is 9.32. The molecule has 0 unspecified atom stereocenters. The Labute approximate surface area is 215 Å². The summed E-state index contributed by atoms with van der Waals surface area (Å²) in [5, 5.41) is 11.9. The highest BCUT2D eigenvalue weighted by Gasteiger charge is 2.35. The molecule has 9 nitrogen and oxygen atoms in total. The molecule has 11 heteroatoms. The fraction of sp³-hybridized carbons (Fsp3) is 0.120. The molecule has 0 spiro atoms. The third-order valence-electron chi connectivity index (χ3n) is 5.44. The standard InChI is InChI=1S/C25H18N2O7S2/c1-31-20-9-16(18(27(29)30)12-22(20)32-13-15-5-3-2-4-6-15)10-23-24(28)26(25(35)36-23)17-7-8-19-21(11-17)34-14-33-19/h2-12H,13-14H2,1H3/b23-10+. The maximum Gasteiger partial charge on any atom is 0.280 e. The van der Waals surface area contributed by atoms with Crippen LogP contribution >= 0.6 is 24.0 Å². The first-order valence-electron chi connectivity index (χ1n) is 10.7. The first-order chi connectivity index (χ1) is 17.4. The van der Waals surface area contributed by atoms with Crippen molar-refractivity contribution in [3.05, 3.63) is 86.8 Å². The van der Waals surface area contributed by atoms with Gasteiger partial charge in [-0.3, -0.25) is 19.8 Å². The Bertz CT molecular complexity index is 1410. The fourth-order valence-electron chi connectivity index (χ4n) is 3.70. The van der Waals surface area contributed by atoms with Crippen LogP contribution in [0.4, 0.5) is 11.4 Å². The van der Waals surface area contributed by atoms with Gasteiger partial charge in [-0.15, -0.1) is 0 Å². The largest absolute Gasteiger partial charge is 0.493 e. The first-order valence-corrected chi connectivity index (χ1v) is 11.9. The van der Waals surface area contributed by atoms with E-state index in [1.165, 1.54) is 30.2 Å². The molecule has 3 aromatic carbocycles. The van der Waals surface area contributed by atoms with Gasteiger partial charge in [-0.1, -0.05) is 54.3 Å². The van der Waals surface area contributed by atoms with E-state index in [0.29, 0.717) is 27.3 Å². The van der Waals surface area contributed by atoms with Crippen LogP contribution in [-0.2, 0) is 11.4 Å². The van der Waals surface area contributed by atoms with Gasteiger partial charge in [0.1, 0.15) is 6.61 Å². The number of nitrogens with zero attached hydrogens (tertiary/aromatic N) is 2. The molecular formula is C25H18N2O7S2. The summed E-state index contributed by atoms with van der Waals surface area (Å²) < 4.78 is 22.2. The first kappa shape index (κ1) is 23.6. The number of methoxy groups -OCH3 is 1. The Morgan fingerprint density at radius 1 is 1.11 bits per heavy atom. The van der Waals surface area contributed by atoms with Gasteiger partial charge >= 0.3 is 0 Å². The Kier molecular flexibility index (Phi) is 6.49. The van der Waals surface area contributed by atoms with Crippen LogP contribution < -0.4 is 23.8 Å². The summed E-state index contributed by atoms with van der Waals surface area (Å²) >= 11 is 6.48. The quantitative estimate of drug-likeness (QED) is 0.177. The number of carbonyl (C=O) groups excluding carboxylic acids is 1. The minimum Gasteiger partial charge on any atom is -0.493 e. The van der Waals surface area contributed by atoms with E-state index in [4.69, 9.17) is 31.2 Å². The van der Waals surface area contributed by atoms with Crippen LogP contribution in [0.1, 0.15) is 11.1 Å². The maximum absolute atomic E-state index is 13.2. The van der Waals surface area contributed by atoms with E-state index in [1.54, 1.807) is 18.2 Å². The number of nitro groups is 1. The number of nitro benzene ring substituents is 1. The number of hydrogen-bond donors (Lipinski definition) is 0. The number of thiocarbonyl (C=S) groups is 1. The Balaban J connectivity index is 1.45. The van der Waals surface area contributed by atoms with Crippen molar-refractivity contribution in [2.24, 2.45) is 0 Å². The lowest BCUT2D eigenvalue weighted by molar-refractivity contribution is -0.385. The predicted molar refractivity (Wildman–Crippen MR) is 139 cm³/mol. The topological polar surface area (TPSA) is 100 Å². The van der Waals surface area contributed by atoms with Gasteiger partial charge in [0.2, 0.25) is 6.79 Å². The second kappa shape index (κ2) is 9.88. The number of benzene rings is 3. The molecule has 0 atom stereocenters. The summed E-state index contributed by atoms with van der Waals surface area (Å²) in [4.78, 5) is 26.2. The molecule has 0 aliphatic carbocycles. The van der Waals surface area contributed by atoms with Crippen molar-refractivity contribution in [2.75, 3.05) is 18.8 Å². The van der Waals surface area contributed by atoms with Crippen molar-refractivity contribution in [1.82, 2.24) is 0 Å². The average Bonchev–Trinajstić information content (AvgIpc) is 3.46.